The van der Waals surface area contributed by atoms with E-state index < -0.39 is 24.2 Å². The zero-order valence-electron chi connectivity index (χ0n) is 20.0. The standard InChI is InChI=1S/C25H19ClFN5O.C2HF3O/c26-20-14-28-25-30-17-5-3-4-15(12-17)8-9-16-13-18(29-23(20)32-25)10-11-22(16)31-24(33)19-6-1-2-7-21(19)27;3-2(4,5)1-6/h1-7,10-14H,8-9H2,(H,31,33)(H2,28,29,30,32);1H. The number of rotatable bonds is 2. The predicted molar refractivity (Wildman–Crippen MR) is 140 cm³/mol. The quantitative estimate of drug-likeness (QED) is 0.184. The molecule has 0 unspecified atom stereocenters. The first-order chi connectivity index (χ1) is 18.6. The van der Waals surface area contributed by atoms with Gasteiger partial charge in [0.1, 0.15) is 10.8 Å². The molecule has 0 saturated heterocycles. The van der Waals surface area contributed by atoms with E-state index in [9.17, 15) is 22.4 Å². The van der Waals surface area contributed by atoms with Crippen molar-refractivity contribution < 1.29 is 27.2 Å². The van der Waals surface area contributed by atoms with Crippen LogP contribution in [0.1, 0.15) is 21.5 Å². The number of anilines is 5. The van der Waals surface area contributed by atoms with Crippen molar-refractivity contribution in [3.8, 4) is 0 Å². The molecule has 0 radical (unpaired) electrons. The van der Waals surface area contributed by atoms with Crippen LogP contribution < -0.4 is 16.0 Å². The van der Waals surface area contributed by atoms with E-state index in [-0.39, 0.29) is 5.56 Å². The molecule has 0 saturated carbocycles. The second-order valence-corrected chi connectivity index (χ2v) is 8.71. The Morgan fingerprint density at radius 2 is 1.72 bits per heavy atom. The molecule has 1 aliphatic rings. The van der Waals surface area contributed by atoms with E-state index in [0.717, 1.165) is 28.9 Å². The molecule has 39 heavy (non-hydrogen) atoms. The number of hydrogen-bond acceptors (Lipinski definition) is 6. The van der Waals surface area contributed by atoms with Crippen molar-refractivity contribution in [2.24, 2.45) is 0 Å². The molecule has 3 N–H and O–H groups in total. The molecule has 12 heteroatoms. The zero-order valence-corrected chi connectivity index (χ0v) is 20.8. The Balaban J connectivity index is 0.000000531. The van der Waals surface area contributed by atoms with Gasteiger partial charge in [0, 0.05) is 17.1 Å². The fourth-order valence-electron chi connectivity index (χ4n) is 3.70. The first-order valence-corrected chi connectivity index (χ1v) is 11.9. The van der Waals surface area contributed by atoms with E-state index in [4.69, 9.17) is 16.4 Å². The van der Waals surface area contributed by atoms with Crippen LogP contribution in [0.3, 0.4) is 0 Å². The first-order valence-electron chi connectivity index (χ1n) is 11.5. The van der Waals surface area contributed by atoms with Crippen molar-refractivity contribution in [2.45, 2.75) is 19.0 Å². The molecule has 1 amide bonds. The number of nitrogens with one attached hydrogen (secondary N) is 3. The normalized spacial score (nSPS) is 12.1. The molecule has 0 atom stereocenters. The molecule has 7 nitrogen and oxygen atoms in total. The van der Waals surface area contributed by atoms with Gasteiger partial charge in [-0.3, -0.25) is 9.59 Å². The van der Waals surface area contributed by atoms with Gasteiger partial charge in [-0.25, -0.2) is 9.37 Å². The van der Waals surface area contributed by atoms with Gasteiger partial charge in [-0.1, -0.05) is 35.9 Å². The molecule has 5 rings (SSSR count). The number of aromatic nitrogens is 2. The van der Waals surface area contributed by atoms with Gasteiger partial charge in [0.05, 0.1) is 11.8 Å². The van der Waals surface area contributed by atoms with E-state index in [1.54, 1.807) is 18.2 Å². The molecular weight excluding hydrogens is 538 g/mol. The van der Waals surface area contributed by atoms with Crippen molar-refractivity contribution in [1.82, 2.24) is 9.97 Å². The minimum absolute atomic E-state index is 0.00406. The highest BCUT2D eigenvalue weighted by Crippen LogP contribution is 2.29. The van der Waals surface area contributed by atoms with Crippen LogP contribution in [0.5, 0.6) is 0 Å². The van der Waals surface area contributed by atoms with Gasteiger partial charge in [0.2, 0.25) is 12.2 Å². The summed E-state index contributed by atoms with van der Waals surface area (Å²) < 4.78 is 45.3. The topological polar surface area (TPSA) is 96.0 Å². The number of benzene rings is 3. The van der Waals surface area contributed by atoms with E-state index in [1.165, 1.54) is 18.3 Å². The Morgan fingerprint density at radius 3 is 2.46 bits per heavy atom. The number of hydrogen-bond donors (Lipinski definition) is 3. The lowest BCUT2D eigenvalue weighted by Gasteiger charge is -2.15. The summed E-state index contributed by atoms with van der Waals surface area (Å²) in [6, 6.07) is 19.4. The zero-order chi connectivity index (χ0) is 28.0. The number of fused-ring (bicyclic) bond motifs is 6. The number of alkyl halides is 3. The Bertz CT molecular complexity index is 1510. The van der Waals surface area contributed by atoms with E-state index in [2.05, 4.69) is 25.9 Å². The van der Waals surface area contributed by atoms with Crippen LogP contribution in [0.2, 0.25) is 5.02 Å². The van der Waals surface area contributed by atoms with Gasteiger partial charge in [0.25, 0.3) is 5.91 Å². The molecule has 1 aliphatic heterocycles. The van der Waals surface area contributed by atoms with Gasteiger partial charge >= 0.3 is 6.18 Å². The third-order valence-corrected chi connectivity index (χ3v) is 5.76. The lowest BCUT2D eigenvalue weighted by molar-refractivity contribution is -0.156. The second kappa shape index (κ2) is 11.9. The van der Waals surface area contributed by atoms with E-state index >= 15 is 0 Å². The average molecular weight is 558 g/mol. The smallest absolute Gasteiger partial charge is 0.339 e. The number of aldehydes is 1. The summed E-state index contributed by atoms with van der Waals surface area (Å²) in [7, 11) is 0. The SMILES string of the molecule is O=C(Nc1ccc2cc1CCc1cccc(c1)Nc1ncc(Cl)c(n1)N2)c1ccccc1F.O=CC(F)(F)F. The van der Waals surface area contributed by atoms with Crippen LogP contribution >= 0.6 is 11.6 Å². The summed E-state index contributed by atoms with van der Waals surface area (Å²) in [4.78, 5) is 30.2. The molecule has 3 aromatic carbocycles. The van der Waals surface area contributed by atoms with Gasteiger partial charge in [-0.2, -0.15) is 18.2 Å². The highest BCUT2D eigenvalue weighted by atomic mass is 35.5. The van der Waals surface area contributed by atoms with E-state index in [0.29, 0.717) is 28.9 Å². The maximum absolute atomic E-state index is 14.1. The number of aryl methyl sites for hydroxylation is 2. The summed E-state index contributed by atoms with van der Waals surface area (Å²) in [5.74, 6) is -0.180. The number of halogens is 5. The van der Waals surface area contributed by atoms with Crippen LogP contribution in [-0.4, -0.2) is 28.3 Å². The maximum Gasteiger partial charge on any atom is 0.446 e. The van der Waals surface area contributed by atoms with Crippen LogP contribution in [-0.2, 0) is 17.6 Å². The number of amides is 1. The summed E-state index contributed by atoms with van der Waals surface area (Å²) in [5, 5.41) is 9.66. The molecule has 200 valence electrons. The predicted octanol–water partition coefficient (Wildman–Crippen LogP) is 6.85. The molecule has 1 aromatic heterocycles. The van der Waals surface area contributed by atoms with Crippen molar-refractivity contribution in [2.75, 3.05) is 16.0 Å². The summed E-state index contributed by atoms with van der Waals surface area (Å²) in [5.41, 5.74) is 4.24. The Morgan fingerprint density at radius 1 is 0.974 bits per heavy atom. The monoisotopic (exact) mass is 557 g/mol. The molecular formula is C27H20ClF4N5O2. The van der Waals surface area contributed by atoms with Gasteiger partial charge < -0.3 is 16.0 Å². The maximum atomic E-state index is 14.1. The minimum Gasteiger partial charge on any atom is -0.339 e. The van der Waals surface area contributed by atoms with Crippen LogP contribution in [0.4, 0.5) is 46.4 Å². The van der Waals surface area contributed by atoms with E-state index in [1.807, 2.05) is 36.4 Å². The average Bonchev–Trinajstić information content (AvgIpc) is 2.91. The van der Waals surface area contributed by atoms with Crippen molar-refractivity contribution in [3.63, 3.8) is 0 Å². The lowest BCUT2D eigenvalue weighted by atomic mass is 10.0. The molecule has 2 heterocycles. The molecule has 4 aromatic rings. The Hall–Kier alpha value is -4.51. The molecule has 0 fully saturated rings. The van der Waals surface area contributed by atoms with Crippen molar-refractivity contribution in [3.05, 3.63) is 100 Å². The number of carbonyl (C=O) groups is 2. The molecule has 0 aliphatic carbocycles. The number of carbonyl (C=O) groups excluding carboxylic acids is 2. The third kappa shape index (κ3) is 7.51. The van der Waals surface area contributed by atoms with Crippen molar-refractivity contribution >= 4 is 52.6 Å². The summed E-state index contributed by atoms with van der Waals surface area (Å²) >= 11 is 6.31. The highest BCUT2D eigenvalue weighted by Gasteiger charge is 2.25. The largest absolute Gasteiger partial charge is 0.446 e. The van der Waals surface area contributed by atoms with Gasteiger partial charge in [0.15, 0.2) is 5.82 Å². The van der Waals surface area contributed by atoms with Crippen LogP contribution in [0.25, 0.3) is 0 Å². The Labute approximate surface area is 225 Å². The summed E-state index contributed by atoms with van der Waals surface area (Å²) in [6.07, 6.45) is -2.77. The lowest BCUT2D eigenvalue weighted by Crippen LogP contribution is -2.15. The highest BCUT2D eigenvalue weighted by molar-refractivity contribution is 6.32. The molecule has 0 spiro atoms. The van der Waals surface area contributed by atoms with Gasteiger partial charge in [-0.15, -0.1) is 0 Å². The molecule has 6 bridgehead atoms. The van der Waals surface area contributed by atoms with Crippen LogP contribution in [0.15, 0.2) is 72.9 Å². The summed E-state index contributed by atoms with van der Waals surface area (Å²) in [6.45, 7) is 0. The Kier molecular flexibility index (Phi) is 8.40. The third-order valence-electron chi connectivity index (χ3n) is 5.48. The fourth-order valence-corrected chi connectivity index (χ4v) is 3.84. The minimum atomic E-state index is -4.64. The first kappa shape index (κ1) is 27.5. The number of nitrogens with zero attached hydrogens (tertiary/aromatic N) is 2. The van der Waals surface area contributed by atoms with Gasteiger partial charge in [-0.05, 0) is 66.4 Å². The second-order valence-electron chi connectivity index (χ2n) is 8.31. The van der Waals surface area contributed by atoms with Crippen molar-refractivity contribution in [1.29, 1.82) is 0 Å². The van der Waals surface area contributed by atoms with Crippen LogP contribution in [0, 0.1) is 5.82 Å². The fraction of sp³-hybridized carbons (Fsp3) is 0.111.